The van der Waals surface area contributed by atoms with E-state index in [0.29, 0.717) is 43.8 Å². The Morgan fingerprint density at radius 2 is 1.92 bits per heavy atom. The highest BCUT2D eigenvalue weighted by molar-refractivity contribution is 6.00. The summed E-state index contributed by atoms with van der Waals surface area (Å²) in [6.07, 6.45) is 1.13. The van der Waals surface area contributed by atoms with Gasteiger partial charge < -0.3 is 19.7 Å². The number of anilines is 1. The lowest BCUT2D eigenvalue weighted by Gasteiger charge is -2.37. The molecule has 0 saturated carbocycles. The van der Waals surface area contributed by atoms with E-state index in [1.165, 1.54) is 7.11 Å². The zero-order chi connectivity index (χ0) is 18.7. The van der Waals surface area contributed by atoms with E-state index in [-0.39, 0.29) is 24.2 Å². The molecule has 1 aromatic carbocycles. The number of hydrogen-bond donors (Lipinski definition) is 1. The second kappa shape index (κ2) is 7.63. The maximum absolute atomic E-state index is 12.5. The molecular formula is C18H23N3O5. The molecule has 2 aliphatic rings. The largest absolute Gasteiger partial charge is 0.465 e. The molecule has 2 heterocycles. The van der Waals surface area contributed by atoms with Gasteiger partial charge in [0, 0.05) is 19.1 Å². The second-order valence-electron chi connectivity index (χ2n) is 6.52. The number of carbonyl (C=O) groups is 3. The van der Waals surface area contributed by atoms with E-state index in [9.17, 15) is 14.4 Å². The van der Waals surface area contributed by atoms with Crippen molar-refractivity contribution in [3.8, 4) is 0 Å². The minimum atomic E-state index is -0.499. The number of rotatable bonds is 3. The van der Waals surface area contributed by atoms with Crippen molar-refractivity contribution in [2.45, 2.75) is 31.8 Å². The molecule has 2 aliphatic heterocycles. The Bertz CT molecular complexity index is 700. The SMILES string of the molecule is COC(=O)c1ccccc1NC(=O)N1CCC(N2C(=O)OCC2C)CC1. The number of carbonyl (C=O) groups excluding carboxylic acids is 3. The number of amides is 3. The van der Waals surface area contributed by atoms with E-state index in [1.54, 1.807) is 34.1 Å². The van der Waals surface area contributed by atoms with Crippen LogP contribution in [0.5, 0.6) is 0 Å². The molecule has 8 heteroatoms. The highest BCUT2D eigenvalue weighted by Crippen LogP contribution is 2.24. The van der Waals surface area contributed by atoms with E-state index in [0.717, 1.165) is 0 Å². The number of nitrogens with zero attached hydrogens (tertiary/aromatic N) is 2. The van der Waals surface area contributed by atoms with Gasteiger partial charge in [-0.05, 0) is 31.9 Å². The lowest BCUT2D eigenvalue weighted by atomic mass is 10.0. The summed E-state index contributed by atoms with van der Waals surface area (Å²) in [4.78, 5) is 39.7. The molecule has 8 nitrogen and oxygen atoms in total. The van der Waals surface area contributed by atoms with E-state index < -0.39 is 5.97 Å². The van der Waals surface area contributed by atoms with Gasteiger partial charge in [-0.2, -0.15) is 0 Å². The predicted molar refractivity (Wildman–Crippen MR) is 94.0 cm³/mol. The predicted octanol–water partition coefficient (Wildman–Crippen LogP) is 2.31. The standard InChI is InChI=1S/C18H23N3O5/c1-12-11-26-18(24)21(12)13-7-9-20(10-8-13)17(23)19-15-6-4-3-5-14(15)16(22)25-2/h3-6,12-13H,7-11H2,1-2H3,(H,19,23). The number of urea groups is 1. The summed E-state index contributed by atoms with van der Waals surface area (Å²) in [6.45, 7) is 3.46. The molecule has 0 aliphatic carbocycles. The van der Waals surface area contributed by atoms with Crippen LogP contribution >= 0.6 is 0 Å². The topological polar surface area (TPSA) is 88.2 Å². The molecule has 0 aromatic heterocycles. The average molecular weight is 361 g/mol. The third kappa shape index (κ3) is 3.58. The van der Waals surface area contributed by atoms with Crippen LogP contribution in [0.1, 0.15) is 30.1 Å². The molecule has 0 spiro atoms. The van der Waals surface area contributed by atoms with Crippen LogP contribution in [-0.4, -0.2) is 66.8 Å². The smallest absolute Gasteiger partial charge is 0.410 e. The number of cyclic esters (lactones) is 1. The summed E-state index contributed by atoms with van der Waals surface area (Å²) >= 11 is 0. The highest BCUT2D eigenvalue weighted by Gasteiger charge is 2.37. The Labute approximate surface area is 152 Å². The maximum atomic E-state index is 12.5. The first kappa shape index (κ1) is 18.0. The van der Waals surface area contributed by atoms with Crippen molar-refractivity contribution in [1.29, 1.82) is 0 Å². The minimum absolute atomic E-state index is 0.0693. The number of hydrogen-bond acceptors (Lipinski definition) is 5. The van der Waals surface area contributed by atoms with Crippen LogP contribution < -0.4 is 5.32 Å². The lowest BCUT2D eigenvalue weighted by Crippen LogP contribution is -2.50. The number of benzene rings is 1. The molecule has 26 heavy (non-hydrogen) atoms. The molecule has 3 amide bonds. The van der Waals surface area contributed by atoms with Gasteiger partial charge in [0.15, 0.2) is 0 Å². The molecule has 1 aromatic rings. The molecule has 0 radical (unpaired) electrons. The third-order valence-electron chi connectivity index (χ3n) is 4.85. The number of para-hydroxylation sites is 1. The summed E-state index contributed by atoms with van der Waals surface area (Å²) in [6, 6.07) is 6.62. The summed E-state index contributed by atoms with van der Waals surface area (Å²) in [5.41, 5.74) is 0.732. The Hall–Kier alpha value is -2.77. The van der Waals surface area contributed by atoms with E-state index >= 15 is 0 Å². The Morgan fingerprint density at radius 3 is 2.54 bits per heavy atom. The third-order valence-corrected chi connectivity index (χ3v) is 4.85. The van der Waals surface area contributed by atoms with Crippen LogP contribution in [0.3, 0.4) is 0 Å². The summed E-state index contributed by atoms with van der Waals surface area (Å²) < 4.78 is 9.82. The summed E-state index contributed by atoms with van der Waals surface area (Å²) in [7, 11) is 1.30. The Morgan fingerprint density at radius 1 is 1.23 bits per heavy atom. The first-order chi connectivity index (χ1) is 12.5. The van der Waals surface area contributed by atoms with Crippen LogP contribution in [0.25, 0.3) is 0 Å². The lowest BCUT2D eigenvalue weighted by molar-refractivity contribution is 0.0602. The monoisotopic (exact) mass is 361 g/mol. The van der Waals surface area contributed by atoms with E-state index in [4.69, 9.17) is 9.47 Å². The number of ether oxygens (including phenoxy) is 2. The van der Waals surface area contributed by atoms with Gasteiger partial charge in [0.1, 0.15) is 6.61 Å². The van der Waals surface area contributed by atoms with Crippen molar-refractivity contribution in [2.75, 3.05) is 32.1 Å². The van der Waals surface area contributed by atoms with E-state index in [2.05, 4.69) is 5.32 Å². The molecule has 1 unspecified atom stereocenters. The summed E-state index contributed by atoms with van der Waals surface area (Å²) in [5, 5.41) is 2.78. The quantitative estimate of drug-likeness (QED) is 0.835. The fourth-order valence-corrected chi connectivity index (χ4v) is 3.46. The van der Waals surface area contributed by atoms with Gasteiger partial charge in [-0.1, -0.05) is 12.1 Å². The zero-order valence-corrected chi connectivity index (χ0v) is 14.9. The first-order valence-corrected chi connectivity index (χ1v) is 8.69. The molecule has 1 N–H and O–H groups in total. The van der Waals surface area contributed by atoms with Gasteiger partial charge >= 0.3 is 18.1 Å². The van der Waals surface area contributed by atoms with Gasteiger partial charge in [0.05, 0.1) is 24.4 Å². The molecule has 2 fully saturated rings. The van der Waals surface area contributed by atoms with Crippen molar-refractivity contribution in [1.82, 2.24) is 9.80 Å². The number of piperidine rings is 1. The molecule has 1 atom stereocenters. The van der Waals surface area contributed by atoms with Crippen LogP contribution in [0.2, 0.25) is 0 Å². The highest BCUT2D eigenvalue weighted by atomic mass is 16.6. The Kier molecular flexibility index (Phi) is 5.29. The zero-order valence-electron chi connectivity index (χ0n) is 14.9. The van der Waals surface area contributed by atoms with Gasteiger partial charge in [0.25, 0.3) is 0 Å². The van der Waals surface area contributed by atoms with Gasteiger partial charge in [-0.15, -0.1) is 0 Å². The first-order valence-electron chi connectivity index (χ1n) is 8.69. The number of likely N-dealkylation sites (tertiary alicyclic amines) is 1. The fourth-order valence-electron chi connectivity index (χ4n) is 3.46. The van der Waals surface area contributed by atoms with Crippen LogP contribution in [0.15, 0.2) is 24.3 Å². The molecule has 0 bridgehead atoms. The van der Waals surface area contributed by atoms with Crippen LogP contribution in [-0.2, 0) is 9.47 Å². The Balaban J connectivity index is 1.59. The van der Waals surface area contributed by atoms with Crippen molar-refractivity contribution in [2.24, 2.45) is 0 Å². The number of esters is 1. The van der Waals surface area contributed by atoms with Crippen molar-refractivity contribution in [3.63, 3.8) is 0 Å². The van der Waals surface area contributed by atoms with Gasteiger partial charge in [0.2, 0.25) is 0 Å². The summed E-state index contributed by atoms with van der Waals surface area (Å²) in [5.74, 6) is -0.499. The normalized spacial score (nSPS) is 20.7. The van der Waals surface area contributed by atoms with Crippen LogP contribution in [0, 0.1) is 0 Å². The number of nitrogens with one attached hydrogen (secondary N) is 1. The second-order valence-corrected chi connectivity index (χ2v) is 6.52. The number of methoxy groups -OCH3 is 1. The van der Waals surface area contributed by atoms with Crippen LogP contribution in [0.4, 0.5) is 15.3 Å². The van der Waals surface area contributed by atoms with E-state index in [1.807, 2.05) is 6.92 Å². The average Bonchev–Trinajstić information content (AvgIpc) is 3.00. The maximum Gasteiger partial charge on any atom is 0.410 e. The fraction of sp³-hybridized carbons (Fsp3) is 0.500. The van der Waals surface area contributed by atoms with Crippen molar-refractivity contribution < 1.29 is 23.9 Å². The van der Waals surface area contributed by atoms with Crippen molar-refractivity contribution in [3.05, 3.63) is 29.8 Å². The molecule has 140 valence electrons. The minimum Gasteiger partial charge on any atom is -0.465 e. The van der Waals surface area contributed by atoms with Gasteiger partial charge in [-0.25, -0.2) is 14.4 Å². The molecule has 2 saturated heterocycles. The molecule has 3 rings (SSSR count). The van der Waals surface area contributed by atoms with Crippen molar-refractivity contribution >= 4 is 23.8 Å². The molecular weight excluding hydrogens is 338 g/mol. The van der Waals surface area contributed by atoms with Gasteiger partial charge in [-0.3, -0.25) is 4.90 Å².